The molecular weight excluding hydrogens is 625 g/mol. The molecular formula is C52H38. The van der Waals surface area contributed by atoms with Gasteiger partial charge in [-0.25, -0.2) is 0 Å². The Labute approximate surface area is 306 Å². The molecule has 0 N–H and O–H groups in total. The third-order valence-corrected chi connectivity index (χ3v) is 10.6. The zero-order chi connectivity index (χ0) is 35.0. The zero-order valence-corrected chi connectivity index (χ0v) is 29.3. The van der Waals surface area contributed by atoms with Gasteiger partial charge in [0, 0.05) is 0 Å². The van der Waals surface area contributed by atoms with E-state index in [2.05, 4.69) is 196 Å². The third kappa shape index (κ3) is 5.07. The van der Waals surface area contributed by atoms with Crippen molar-refractivity contribution in [2.24, 2.45) is 0 Å². The molecule has 0 radical (unpaired) electrons. The molecule has 0 amide bonds. The van der Waals surface area contributed by atoms with Crippen molar-refractivity contribution in [2.45, 2.75) is 13.3 Å². The van der Waals surface area contributed by atoms with E-state index < -0.39 is 0 Å². The summed E-state index contributed by atoms with van der Waals surface area (Å²) in [6.45, 7) is 6.40. The molecule has 0 saturated heterocycles. The van der Waals surface area contributed by atoms with E-state index in [-0.39, 0.29) is 0 Å². The summed E-state index contributed by atoms with van der Waals surface area (Å²) in [5, 5.41) is 2.56. The van der Waals surface area contributed by atoms with E-state index in [1.807, 2.05) is 6.08 Å². The molecule has 2 aliphatic carbocycles. The monoisotopic (exact) mass is 662 g/mol. The number of allylic oxidation sites excluding steroid dienone is 5. The normalized spacial score (nSPS) is 13.2. The molecule has 0 atom stereocenters. The van der Waals surface area contributed by atoms with Crippen molar-refractivity contribution in [3.05, 3.63) is 216 Å². The first kappa shape index (κ1) is 31.5. The number of benzene rings is 7. The summed E-state index contributed by atoms with van der Waals surface area (Å²) in [5.41, 5.74) is 20.1. The van der Waals surface area contributed by atoms with E-state index in [1.165, 1.54) is 94.2 Å². The Balaban J connectivity index is 1.35. The standard InChI is InChI=1S/C52H38/c1-3-5-9-26-40-38(4-2)39(35-20-10-6-11-21-35)33-34-42(40)41-29-18-31-46-50-43(41)30-19-32-47(50)52-49(37-24-14-8-15-25-37)45-28-17-16-27-44(45)48(51(46)52)36-22-12-7-13-23-36/h3-17,19-34H,2,18H2,1H3/b5-3-,26-9-. The fraction of sp³-hybridized carbons (Fsp3) is 0.0385. The van der Waals surface area contributed by atoms with E-state index in [0.29, 0.717) is 0 Å². The highest BCUT2D eigenvalue weighted by Crippen LogP contribution is 2.58. The summed E-state index contributed by atoms with van der Waals surface area (Å²) in [5.74, 6) is 0. The van der Waals surface area contributed by atoms with Crippen molar-refractivity contribution < 1.29 is 0 Å². The molecule has 0 heteroatoms. The Morgan fingerprint density at radius 3 is 1.62 bits per heavy atom. The van der Waals surface area contributed by atoms with Crippen LogP contribution in [0.3, 0.4) is 0 Å². The maximum Gasteiger partial charge on any atom is -0.000753 e. The van der Waals surface area contributed by atoms with Crippen LogP contribution in [0.15, 0.2) is 183 Å². The Kier molecular flexibility index (Phi) is 8.07. The molecule has 0 spiro atoms. The number of hydrogen-bond acceptors (Lipinski definition) is 0. The van der Waals surface area contributed by atoms with Crippen molar-refractivity contribution in [3.8, 4) is 44.5 Å². The lowest BCUT2D eigenvalue weighted by Crippen LogP contribution is -1.99. The van der Waals surface area contributed by atoms with Gasteiger partial charge in [0.15, 0.2) is 0 Å². The molecule has 0 nitrogen and oxygen atoms in total. The van der Waals surface area contributed by atoms with E-state index in [1.54, 1.807) is 0 Å². The Bertz CT molecular complexity index is 2630. The first-order valence-electron chi connectivity index (χ1n) is 18.2. The van der Waals surface area contributed by atoms with Gasteiger partial charge in [0.1, 0.15) is 0 Å². The van der Waals surface area contributed by atoms with Gasteiger partial charge < -0.3 is 0 Å². The molecule has 9 rings (SSSR count). The summed E-state index contributed by atoms with van der Waals surface area (Å²) in [7, 11) is 0. The Morgan fingerprint density at radius 2 is 0.981 bits per heavy atom. The van der Waals surface area contributed by atoms with E-state index in [4.69, 9.17) is 0 Å². The predicted molar refractivity (Wildman–Crippen MR) is 225 cm³/mol. The predicted octanol–water partition coefficient (Wildman–Crippen LogP) is 14.3. The minimum Gasteiger partial charge on any atom is -0.0984 e. The highest BCUT2D eigenvalue weighted by molar-refractivity contribution is 6.22. The highest BCUT2D eigenvalue weighted by atomic mass is 14.4. The molecule has 7 aromatic carbocycles. The molecule has 0 aromatic heterocycles. The fourth-order valence-corrected chi connectivity index (χ4v) is 8.45. The Morgan fingerprint density at radius 1 is 0.423 bits per heavy atom. The average Bonchev–Trinajstić information content (AvgIpc) is 3.40. The quantitative estimate of drug-likeness (QED) is 0.149. The maximum absolute atomic E-state index is 4.34. The molecule has 52 heavy (non-hydrogen) atoms. The van der Waals surface area contributed by atoms with Gasteiger partial charge in [-0.15, -0.1) is 0 Å². The SMILES string of the molecule is C=Cc1c(-c2ccccc2)ccc(C2=CCC=C3c4c2cccc4-c2c3c(-c3ccccc3)c3ccccc3c2-c2ccccc2)c1/C=C\C=C/C. The van der Waals surface area contributed by atoms with Gasteiger partial charge in [-0.1, -0.05) is 195 Å². The van der Waals surface area contributed by atoms with Crippen LogP contribution in [0.2, 0.25) is 0 Å². The van der Waals surface area contributed by atoms with Crippen molar-refractivity contribution in [1.29, 1.82) is 0 Å². The second-order valence-electron chi connectivity index (χ2n) is 13.4. The summed E-state index contributed by atoms with van der Waals surface area (Å²) >= 11 is 0. The first-order valence-corrected chi connectivity index (χ1v) is 18.2. The summed E-state index contributed by atoms with van der Waals surface area (Å²) in [4.78, 5) is 0. The third-order valence-electron chi connectivity index (χ3n) is 10.6. The van der Waals surface area contributed by atoms with Crippen molar-refractivity contribution in [2.75, 3.05) is 0 Å². The molecule has 0 aliphatic heterocycles. The lowest BCUT2D eigenvalue weighted by molar-refractivity contribution is 1.40. The van der Waals surface area contributed by atoms with Crippen LogP contribution in [0.4, 0.5) is 0 Å². The molecule has 2 aliphatic rings. The molecule has 0 bridgehead atoms. The molecule has 0 unspecified atom stereocenters. The maximum atomic E-state index is 4.34. The van der Waals surface area contributed by atoms with Gasteiger partial charge in [0.25, 0.3) is 0 Å². The van der Waals surface area contributed by atoms with Crippen LogP contribution in [0.5, 0.6) is 0 Å². The molecule has 246 valence electrons. The van der Waals surface area contributed by atoms with Crippen LogP contribution in [-0.2, 0) is 0 Å². The van der Waals surface area contributed by atoms with Crippen molar-refractivity contribution in [3.63, 3.8) is 0 Å². The van der Waals surface area contributed by atoms with E-state index in [0.717, 1.165) is 12.0 Å². The minimum atomic E-state index is 0.821. The van der Waals surface area contributed by atoms with Crippen LogP contribution in [0, 0.1) is 0 Å². The van der Waals surface area contributed by atoms with Crippen LogP contribution < -0.4 is 0 Å². The van der Waals surface area contributed by atoms with Crippen LogP contribution in [0.1, 0.15) is 46.7 Å². The van der Waals surface area contributed by atoms with Crippen molar-refractivity contribution >= 4 is 34.1 Å². The van der Waals surface area contributed by atoms with Crippen LogP contribution in [0.25, 0.3) is 78.6 Å². The highest BCUT2D eigenvalue weighted by Gasteiger charge is 2.35. The largest absolute Gasteiger partial charge is 0.0984 e. The van der Waals surface area contributed by atoms with Gasteiger partial charge in [-0.2, -0.15) is 0 Å². The van der Waals surface area contributed by atoms with E-state index in [9.17, 15) is 0 Å². The smallest absolute Gasteiger partial charge is 0.000753 e. The minimum absolute atomic E-state index is 0.821. The van der Waals surface area contributed by atoms with E-state index >= 15 is 0 Å². The van der Waals surface area contributed by atoms with Gasteiger partial charge in [0.05, 0.1) is 0 Å². The number of hydrogen-bond donors (Lipinski definition) is 0. The second-order valence-corrected chi connectivity index (χ2v) is 13.4. The zero-order valence-electron chi connectivity index (χ0n) is 29.3. The lowest BCUT2D eigenvalue weighted by Gasteiger charge is -2.20. The average molecular weight is 663 g/mol. The topological polar surface area (TPSA) is 0 Å². The number of fused-ring (bicyclic) bond motifs is 4. The van der Waals surface area contributed by atoms with Crippen molar-refractivity contribution in [1.82, 2.24) is 0 Å². The van der Waals surface area contributed by atoms with Crippen LogP contribution >= 0.6 is 0 Å². The molecule has 7 aromatic rings. The summed E-state index contributed by atoms with van der Waals surface area (Å²) in [6, 6.07) is 53.1. The summed E-state index contributed by atoms with van der Waals surface area (Å²) < 4.78 is 0. The van der Waals surface area contributed by atoms with Gasteiger partial charge >= 0.3 is 0 Å². The molecule has 0 heterocycles. The second kappa shape index (κ2) is 13.3. The van der Waals surface area contributed by atoms with Crippen LogP contribution in [-0.4, -0.2) is 0 Å². The first-order chi connectivity index (χ1) is 25.8. The van der Waals surface area contributed by atoms with Gasteiger partial charge in [0.2, 0.25) is 0 Å². The van der Waals surface area contributed by atoms with Gasteiger partial charge in [-0.05, 0) is 113 Å². The lowest BCUT2D eigenvalue weighted by atomic mass is 9.83. The van der Waals surface area contributed by atoms with Gasteiger partial charge in [-0.3, -0.25) is 0 Å². The number of rotatable bonds is 7. The Hall–Kier alpha value is -6.50. The fourth-order valence-electron chi connectivity index (χ4n) is 8.45. The molecule has 0 saturated carbocycles. The summed E-state index contributed by atoms with van der Waals surface area (Å²) in [6.07, 6.45) is 16.3. The molecule has 0 fully saturated rings.